The van der Waals surface area contributed by atoms with Crippen molar-refractivity contribution in [2.75, 3.05) is 39.0 Å². The smallest absolute Gasteiger partial charge is 0.410 e. The highest BCUT2D eigenvalue weighted by atomic mass is 16.6. The maximum absolute atomic E-state index is 13.2. The highest BCUT2D eigenvalue weighted by Gasteiger charge is 2.27. The van der Waals surface area contributed by atoms with Crippen molar-refractivity contribution in [3.8, 4) is 0 Å². The zero-order chi connectivity index (χ0) is 45.4. The van der Waals surface area contributed by atoms with Crippen LogP contribution in [0.5, 0.6) is 0 Å². The summed E-state index contributed by atoms with van der Waals surface area (Å²) in [5, 5.41) is 7.95. The minimum Gasteiger partial charge on any atom is -0.445 e. The molecule has 0 spiro atoms. The molecule has 2 unspecified atom stereocenters. The number of benzene rings is 1. The quantitative estimate of drug-likeness (QED) is 0.0274. The molecule has 15 nitrogen and oxygen atoms in total. The van der Waals surface area contributed by atoms with Crippen molar-refractivity contribution >= 4 is 42.0 Å². The maximum Gasteiger partial charge on any atom is 0.410 e. The number of hydrogen-bond acceptors (Lipinski definition) is 9. The van der Waals surface area contributed by atoms with Crippen LogP contribution in [0.2, 0.25) is 0 Å². The summed E-state index contributed by atoms with van der Waals surface area (Å²) >= 11 is 0. The molecule has 1 rings (SSSR count). The molecule has 4 atom stereocenters. The van der Waals surface area contributed by atoms with Crippen LogP contribution in [0.3, 0.4) is 0 Å². The van der Waals surface area contributed by atoms with Crippen LogP contribution in [-0.2, 0) is 30.5 Å². The number of allylic oxidation sites excluding steroid dienone is 4. The Bertz CT molecular complexity index is 1490. The minimum atomic E-state index is -0.909. The van der Waals surface area contributed by atoms with Crippen LogP contribution in [0.25, 0.3) is 0 Å². The number of anilines is 1. The fraction of sp³-hybridized carbons (Fsp3) is 0.652. The summed E-state index contributed by atoms with van der Waals surface area (Å²) in [6.45, 7) is 8.44. The summed E-state index contributed by atoms with van der Waals surface area (Å²) in [6, 6.07) is 4.29. The lowest BCUT2D eigenvalue weighted by atomic mass is 9.90. The average molecular weight is 856 g/mol. The number of likely N-dealkylation sites (N-methyl/N-ethyl adjacent to an activating group) is 2. The van der Waals surface area contributed by atoms with Gasteiger partial charge < -0.3 is 46.7 Å². The highest BCUT2D eigenvalue weighted by Crippen LogP contribution is 2.24. The Morgan fingerprint density at radius 2 is 1.39 bits per heavy atom. The first-order valence-corrected chi connectivity index (χ1v) is 22.3. The summed E-state index contributed by atoms with van der Waals surface area (Å²) in [5.74, 6) is -1.10. The van der Waals surface area contributed by atoms with Crippen molar-refractivity contribution in [1.82, 2.24) is 20.4 Å². The number of nitrogens with zero attached hydrogens (tertiary/aromatic N) is 2. The molecule has 0 fully saturated rings. The van der Waals surface area contributed by atoms with E-state index in [1.807, 2.05) is 0 Å². The minimum absolute atomic E-state index is 0.0396. The van der Waals surface area contributed by atoms with Gasteiger partial charge in [0.1, 0.15) is 12.6 Å². The number of carbonyl (C=O) groups is 6. The largest absolute Gasteiger partial charge is 0.445 e. The van der Waals surface area contributed by atoms with Crippen LogP contribution in [-0.4, -0.2) is 98.0 Å². The summed E-state index contributed by atoms with van der Waals surface area (Å²) < 4.78 is 11.2. The molecule has 0 bridgehead atoms. The average Bonchev–Trinajstić information content (AvgIpc) is 3.24. The number of carbonyl (C=O) groups excluding carboxylic acids is 6. The highest BCUT2D eigenvalue weighted by molar-refractivity contribution is 5.97. The lowest BCUT2D eigenvalue weighted by molar-refractivity contribution is -0.128. The second-order valence-corrected chi connectivity index (χ2v) is 16.0. The normalized spacial score (nSPS) is 13.3. The van der Waals surface area contributed by atoms with Gasteiger partial charge in [-0.25, -0.2) is 14.4 Å². The van der Waals surface area contributed by atoms with E-state index in [-0.39, 0.29) is 44.5 Å². The van der Waals surface area contributed by atoms with Crippen LogP contribution in [0.1, 0.15) is 130 Å². The number of hydrogen-bond donors (Lipinski definition) is 5. The first-order chi connectivity index (χ1) is 29.2. The number of primary amides is 1. The van der Waals surface area contributed by atoms with Crippen molar-refractivity contribution in [3.63, 3.8) is 0 Å². The standard InChI is InChI=1S/C46H77N7O8/c1-7-9-11-13-14-15-16-17-19-21-24-37(23-20-18-12-10-8-2)40(33-54)61-46(59)53(6)32-31-52(5)45(58)60-34-36-26-28-38(29-27-36)50-42(55)39(25-22-30-49-44(48)57)51-43(56)41(47)35(3)4/h9,11,14-15,26-29,33,35,37,39-41H,7-8,10,12-13,16-25,30-32,34,47H2,1-6H3,(H,50,55)(H,51,56)(H3,48,49,57)/t37?,39-,40?,41-/m0/s1. The van der Waals surface area contributed by atoms with Gasteiger partial charge in [0.25, 0.3) is 0 Å². The van der Waals surface area contributed by atoms with Gasteiger partial charge in [0.15, 0.2) is 12.4 Å². The predicted octanol–water partition coefficient (Wildman–Crippen LogP) is 7.59. The Balaban J connectivity index is 2.67. The van der Waals surface area contributed by atoms with E-state index in [0.29, 0.717) is 17.7 Å². The maximum atomic E-state index is 13.2. The first kappa shape index (κ1) is 54.1. The molecular formula is C46H77N7O8. The van der Waals surface area contributed by atoms with Gasteiger partial charge in [-0.15, -0.1) is 0 Å². The van der Waals surface area contributed by atoms with Gasteiger partial charge >= 0.3 is 18.2 Å². The van der Waals surface area contributed by atoms with Crippen molar-refractivity contribution < 1.29 is 38.2 Å². The predicted molar refractivity (Wildman–Crippen MR) is 242 cm³/mol. The fourth-order valence-electron chi connectivity index (χ4n) is 6.33. The van der Waals surface area contributed by atoms with E-state index in [2.05, 4.69) is 54.1 Å². The van der Waals surface area contributed by atoms with Crippen molar-refractivity contribution in [3.05, 3.63) is 54.1 Å². The second kappa shape index (κ2) is 32.8. The van der Waals surface area contributed by atoms with Gasteiger partial charge in [0, 0.05) is 45.3 Å². The van der Waals surface area contributed by atoms with Crippen molar-refractivity contribution in [2.45, 2.75) is 149 Å². The number of nitrogens with one attached hydrogen (secondary N) is 3. The van der Waals surface area contributed by atoms with E-state index >= 15 is 0 Å². The van der Waals surface area contributed by atoms with E-state index in [0.717, 1.165) is 83.3 Å². The molecule has 0 aliphatic carbocycles. The molecule has 344 valence electrons. The molecule has 7 N–H and O–H groups in total. The Hall–Kier alpha value is -4.92. The molecule has 61 heavy (non-hydrogen) atoms. The topological polar surface area (TPSA) is 215 Å². The summed E-state index contributed by atoms with van der Waals surface area (Å²) in [7, 11) is 3.14. The van der Waals surface area contributed by atoms with Crippen molar-refractivity contribution in [1.29, 1.82) is 0 Å². The third-order valence-corrected chi connectivity index (χ3v) is 10.4. The third kappa shape index (κ3) is 24.8. The molecule has 0 aliphatic rings. The summed E-state index contributed by atoms with van der Waals surface area (Å²) in [5.41, 5.74) is 12.2. The zero-order valence-electron chi connectivity index (χ0n) is 37.8. The Labute approximate surface area is 365 Å². The molecule has 1 aromatic rings. The molecule has 0 saturated carbocycles. The van der Waals surface area contributed by atoms with Gasteiger partial charge in [-0.2, -0.15) is 0 Å². The monoisotopic (exact) mass is 856 g/mol. The van der Waals surface area contributed by atoms with Crippen LogP contribution in [0.15, 0.2) is 48.6 Å². The molecule has 0 heterocycles. The lowest BCUT2D eigenvalue weighted by Gasteiger charge is -2.27. The van der Waals surface area contributed by atoms with E-state index < -0.39 is 48.2 Å². The van der Waals surface area contributed by atoms with Crippen LogP contribution >= 0.6 is 0 Å². The van der Waals surface area contributed by atoms with Crippen LogP contribution in [0.4, 0.5) is 20.1 Å². The zero-order valence-corrected chi connectivity index (χ0v) is 37.8. The van der Waals surface area contributed by atoms with E-state index in [4.69, 9.17) is 20.9 Å². The molecule has 6 amide bonds. The Kier molecular flexibility index (Phi) is 29.1. The van der Waals surface area contributed by atoms with Crippen molar-refractivity contribution in [2.24, 2.45) is 23.3 Å². The van der Waals surface area contributed by atoms with E-state index in [9.17, 15) is 28.8 Å². The molecule has 15 heteroatoms. The molecule has 1 aromatic carbocycles. The number of amides is 6. The lowest BCUT2D eigenvalue weighted by Crippen LogP contribution is -2.51. The van der Waals surface area contributed by atoms with Crippen LogP contribution in [0, 0.1) is 11.8 Å². The Morgan fingerprint density at radius 1 is 0.770 bits per heavy atom. The number of aldehydes is 1. The summed E-state index contributed by atoms with van der Waals surface area (Å²) in [6.07, 6.45) is 21.4. The van der Waals surface area contributed by atoms with E-state index in [1.54, 1.807) is 52.2 Å². The third-order valence-electron chi connectivity index (χ3n) is 10.4. The first-order valence-electron chi connectivity index (χ1n) is 22.3. The number of nitrogens with two attached hydrogens (primary N) is 2. The molecular weight excluding hydrogens is 779 g/mol. The fourth-order valence-corrected chi connectivity index (χ4v) is 6.33. The van der Waals surface area contributed by atoms with Gasteiger partial charge in [-0.3, -0.25) is 14.4 Å². The molecule has 0 aromatic heterocycles. The number of unbranched alkanes of at least 4 members (excludes halogenated alkanes) is 7. The summed E-state index contributed by atoms with van der Waals surface area (Å²) in [4.78, 5) is 77.7. The van der Waals surface area contributed by atoms with Gasteiger partial charge in [0.05, 0.1) is 6.04 Å². The second-order valence-electron chi connectivity index (χ2n) is 16.0. The number of ether oxygens (including phenoxy) is 2. The molecule has 0 aliphatic heterocycles. The van der Waals surface area contributed by atoms with Crippen LogP contribution < -0.4 is 27.4 Å². The molecule has 0 radical (unpaired) electrons. The Morgan fingerprint density at radius 3 is 2.00 bits per heavy atom. The van der Waals surface area contributed by atoms with Gasteiger partial charge in [-0.05, 0) is 75.0 Å². The number of rotatable bonds is 32. The van der Waals surface area contributed by atoms with E-state index in [1.165, 1.54) is 16.2 Å². The SMILES string of the molecule is CCC=CCC=CCCCCCC(CCCCCCC)C(C=O)OC(=O)N(C)CCN(C)C(=O)OCc1ccc(NC(=O)[C@H](CCCNC(N)=O)NC(=O)[C@@H](N)C(C)C)cc1. The number of urea groups is 1. The van der Waals surface area contributed by atoms with Gasteiger partial charge in [0.2, 0.25) is 11.8 Å². The molecule has 0 saturated heterocycles. The van der Waals surface area contributed by atoms with Gasteiger partial charge in [-0.1, -0.05) is 109 Å².